The van der Waals surface area contributed by atoms with Crippen LogP contribution < -0.4 is 15.4 Å². The number of carbonyl (C=O) groups excluding carboxylic acids is 2. The third-order valence-electron chi connectivity index (χ3n) is 4.92. The Bertz CT molecular complexity index is 1320. The number of aromatic nitrogens is 3. The zero-order valence-electron chi connectivity index (χ0n) is 19.5. The Kier molecular flexibility index (Phi) is 7.72. The van der Waals surface area contributed by atoms with Gasteiger partial charge in [0, 0.05) is 22.8 Å². The second-order valence-corrected chi connectivity index (χ2v) is 11.9. The molecule has 0 spiro atoms. The number of nitrogens with one attached hydrogen (secondary N) is 2. The van der Waals surface area contributed by atoms with Gasteiger partial charge in [-0.2, -0.15) is 0 Å². The van der Waals surface area contributed by atoms with Gasteiger partial charge >= 0.3 is 0 Å². The first kappa shape index (κ1) is 26.6. The maximum atomic E-state index is 13.5. The van der Waals surface area contributed by atoms with Crippen LogP contribution in [-0.2, 0) is 11.2 Å². The van der Waals surface area contributed by atoms with Crippen LogP contribution in [0.25, 0.3) is 5.82 Å². The van der Waals surface area contributed by atoms with Gasteiger partial charge in [0.05, 0.1) is 21.3 Å². The third kappa shape index (κ3) is 6.07. The molecule has 4 rings (SSSR count). The standard InChI is InChI=1S/C23H22Cl3N5O4S/c1-23(2,3)29-21(32)14-7-12(24)8-16(26)19(14)28-22(33)17-9-18(35-13-10-36(34)11-13)30-31(17)20-15(25)5-4-6-27-20/h4-9,13H,10-11H2,1-3H3,(H,28,33)(H,29,32). The fourth-order valence-corrected chi connectivity index (χ4v) is 4.95. The molecule has 0 bridgehead atoms. The minimum atomic E-state index is -0.924. The fourth-order valence-electron chi connectivity index (χ4n) is 3.34. The van der Waals surface area contributed by atoms with Crippen LogP contribution in [0.2, 0.25) is 15.1 Å². The fraction of sp³-hybridized carbons (Fsp3) is 0.304. The largest absolute Gasteiger partial charge is 0.616 e. The number of benzene rings is 1. The van der Waals surface area contributed by atoms with Gasteiger partial charge in [0.25, 0.3) is 11.8 Å². The number of ether oxygens (including phenoxy) is 1. The van der Waals surface area contributed by atoms with E-state index in [0.29, 0.717) is 11.5 Å². The first-order valence-corrected chi connectivity index (χ1v) is 13.4. The molecule has 2 aromatic heterocycles. The van der Waals surface area contributed by atoms with Crippen LogP contribution >= 0.6 is 34.8 Å². The van der Waals surface area contributed by atoms with E-state index in [1.165, 1.54) is 29.1 Å². The van der Waals surface area contributed by atoms with Gasteiger partial charge < -0.3 is 19.9 Å². The summed E-state index contributed by atoms with van der Waals surface area (Å²) in [6.07, 6.45) is 1.23. The Morgan fingerprint density at radius 3 is 2.50 bits per heavy atom. The summed E-state index contributed by atoms with van der Waals surface area (Å²) >= 11 is 17.9. The number of rotatable bonds is 6. The molecule has 3 aromatic rings. The molecule has 0 aliphatic carbocycles. The quantitative estimate of drug-likeness (QED) is 0.421. The molecule has 1 aliphatic heterocycles. The van der Waals surface area contributed by atoms with Crippen molar-refractivity contribution in [2.45, 2.75) is 32.4 Å². The van der Waals surface area contributed by atoms with Crippen LogP contribution in [0.1, 0.15) is 41.6 Å². The third-order valence-corrected chi connectivity index (χ3v) is 7.22. The van der Waals surface area contributed by atoms with Crippen LogP contribution in [0.4, 0.5) is 5.69 Å². The topological polar surface area (TPSA) is 121 Å². The highest BCUT2D eigenvalue weighted by Gasteiger charge is 2.35. The number of amides is 2. The Morgan fingerprint density at radius 2 is 1.86 bits per heavy atom. The van der Waals surface area contributed by atoms with E-state index in [1.54, 1.807) is 12.1 Å². The maximum Gasteiger partial charge on any atom is 0.274 e. The van der Waals surface area contributed by atoms with Gasteiger partial charge in [-0.05, 0) is 56.2 Å². The summed E-state index contributed by atoms with van der Waals surface area (Å²) < 4.78 is 18.5. The Balaban J connectivity index is 1.71. The molecule has 36 heavy (non-hydrogen) atoms. The number of carbonyl (C=O) groups is 2. The molecular weight excluding hydrogens is 549 g/mol. The summed E-state index contributed by atoms with van der Waals surface area (Å²) in [5.74, 6) is -0.0204. The van der Waals surface area contributed by atoms with Crippen molar-refractivity contribution in [3.63, 3.8) is 0 Å². The minimum absolute atomic E-state index is 0.0271. The van der Waals surface area contributed by atoms with Gasteiger partial charge in [-0.1, -0.05) is 34.8 Å². The molecule has 0 atom stereocenters. The number of pyridine rings is 1. The highest BCUT2D eigenvalue weighted by atomic mass is 35.5. The zero-order chi connectivity index (χ0) is 26.2. The zero-order valence-corrected chi connectivity index (χ0v) is 22.6. The second-order valence-electron chi connectivity index (χ2n) is 9.07. The molecule has 13 heteroatoms. The van der Waals surface area contributed by atoms with E-state index < -0.39 is 28.5 Å². The normalized spacial score (nSPS) is 17.3. The van der Waals surface area contributed by atoms with E-state index in [4.69, 9.17) is 39.5 Å². The van der Waals surface area contributed by atoms with E-state index >= 15 is 0 Å². The summed E-state index contributed by atoms with van der Waals surface area (Å²) in [6, 6.07) is 7.50. The van der Waals surface area contributed by atoms with Gasteiger partial charge in [-0.15, -0.1) is 5.10 Å². The maximum absolute atomic E-state index is 13.5. The first-order valence-electron chi connectivity index (χ1n) is 10.8. The molecule has 0 saturated carbocycles. The van der Waals surface area contributed by atoms with Crippen LogP contribution in [0.15, 0.2) is 36.5 Å². The average Bonchev–Trinajstić information content (AvgIpc) is 3.17. The van der Waals surface area contributed by atoms with Crippen molar-refractivity contribution >= 4 is 63.5 Å². The second kappa shape index (κ2) is 10.5. The van der Waals surface area contributed by atoms with Crippen LogP contribution in [0, 0.1) is 0 Å². The van der Waals surface area contributed by atoms with Crippen molar-refractivity contribution in [2.75, 3.05) is 16.8 Å². The summed E-state index contributed by atoms with van der Waals surface area (Å²) in [5, 5.41) is 10.4. The van der Waals surface area contributed by atoms with E-state index in [0.717, 1.165) is 0 Å². The van der Waals surface area contributed by atoms with E-state index in [-0.39, 0.29) is 49.8 Å². The Labute approximate surface area is 225 Å². The summed E-state index contributed by atoms with van der Waals surface area (Å²) in [6.45, 7) is 5.47. The van der Waals surface area contributed by atoms with Crippen molar-refractivity contribution < 1.29 is 18.9 Å². The molecule has 2 amide bonds. The molecule has 1 fully saturated rings. The molecule has 0 unspecified atom stereocenters. The molecule has 1 aliphatic rings. The Hall–Kier alpha value is -2.50. The molecule has 3 heterocycles. The van der Waals surface area contributed by atoms with E-state index in [9.17, 15) is 14.1 Å². The summed E-state index contributed by atoms with van der Waals surface area (Å²) in [4.78, 5) is 30.7. The molecule has 1 aromatic carbocycles. The van der Waals surface area contributed by atoms with E-state index in [1.807, 2.05) is 20.8 Å². The monoisotopic (exact) mass is 569 g/mol. The number of anilines is 1. The molecule has 1 saturated heterocycles. The number of hydrogen-bond acceptors (Lipinski definition) is 6. The summed E-state index contributed by atoms with van der Waals surface area (Å²) in [7, 11) is 0. The van der Waals surface area contributed by atoms with Gasteiger partial charge in [-0.3, -0.25) is 9.59 Å². The smallest absolute Gasteiger partial charge is 0.274 e. The first-order chi connectivity index (χ1) is 16.9. The lowest BCUT2D eigenvalue weighted by Gasteiger charge is -2.27. The van der Waals surface area contributed by atoms with Gasteiger partial charge in [-0.25, -0.2) is 9.67 Å². The highest BCUT2D eigenvalue weighted by Crippen LogP contribution is 2.32. The molecule has 190 valence electrons. The predicted octanol–water partition coefficient (Wildman–Crippen LogP) is 4.52. The van der Waals surface area contributed by atoms with Crippen molar-refractivity contribution in [3.05, 3.63) is 62.9 Å². The van der Waals surface area contributed by atoms with Gasteiger partial charge in [0.1, 0.15) is 17.2 Å². The minimum Gasteiger partial charge on any atom is -0.616 e. The molecule has 9 nitrogen and oxygen atoms in total. The Morgan fingerprint density at radius 1 is 1.14 bits per heavy atom. The van der Waals surface area contributed by atoms with Crippen LogP contribution in [0.5, 0.6) is 5.88 Å². The average molecular weight is 571 g/mol. The SMILES string of the molecule is CC(C)(C)NC(=O)c1cc(Cl)cc(Cl)c1NC(=O)c1cc(OC2C[S+]([O-])C2)nn1-c1ncccc1Cl. The highest BCUT2D eigenvalue weighted by molar-refractivity contribution is 7.92. The van der Waals surface area contributed by atoms with E-state index in [2.05, 4.69) is 20.7 Å². The molecular formula is C23H22Cl3N5O4S. The van der Waals surface area contributed by atoms with Crippen LogP contribution in [0.3, 0.4) is 0 Å². The van der Waals surface area contributed by atoms with Crippen molar-refractivity contribution in [2.24, 2.45) is 0 Å². The molecule has 2 N–H and O–H groups in total. The number of halogens is 3. The number of hydrogen-bond donors (Lipinski definition) is 2. The lowest BCUT2D eigenvalue weighted by atomic mass is 10.1. The molecule has 0 radical (unpaired) electrons. The van der Waals surface area contributed by atoms with Crippen molar-refractivity contribution in [1.82, 2.24) is 20.1 Å². The summed E-state index contributed by atoms with van der Waals surface area (Å²) in [5.41, 5.74) is -0.353. The lowest BCUT2D eigenvalue weighted by molar-refractivity contribution is 0.0920. The van der Waals surface area contributed by atoms with Crippen molar-refractivity contribution in [1.29, 1.82) is 0 Å². The lowest BCUT2D eigenvalue weighted by Crippen LogP contribution is -2.45. The van der Waals surface area contributed by atoms with Gasteiger partial charge in [0.15, 0.2) is 11.9 Å². The number of nitrogens with zero attached hydrogens (tertiary/aromatic N) is 3. The van der Waals surface area contributed by atoms with Crippen LogP contribution in [-0.4, -0.2) is 54.3 Å². The van der Waals surface area contributed by atoms with Gasteiger partial charge in [0.2, 0.25) is 5.88 Å². The van der Waals surface area contributed by atoms with Crippen molar-refractivity contribution in [3.8, 4) is 11.7 Å². The predicted molar refractivity (Wildman–Crippen MR) is 140 cm³/mol.